The second-order valence-electron chi connectivity index (χ2n) is 6.14. The van der Waals surface area contributed by atoms with E-state index in [0.717, 1.165) is 0 Å². The van der Waals surface area contributed by atoms with E-state index in [9.17, 15) is 0 Å². The Morgan fingerprint density at radius 2 is 0.842 bits per heavy atom. The summed E-state index contributed by atoms with van der Waals surface area (Å²) in [6.45, 7) is 8.80. The first-order valence-corrected chi connectivity index (χ1v) is 8.97. The van der Waals surface area contributed by atoms with Crippen molar-refractivity contribution < 1.29 is 0 Å². The molecular weight excluding hydrogens is 228 g/mol. The molecule has 0 N–H and O–H groups in total. The van der Waals surface area contributed by atoms with Gasteiger partial charge in [0.2, 0.25) is 0 Å². The fourth-order valence-corrected chi connectivity index (χ4v) is 2.61. The zero-order valence-corrected chi connectivity index (χ0v) is 13.8. The molecule has 114 valence electrons. The summed E-state index contributed by atoms with van der Waals surface area (Å²) in [5.74, 6) is 0. The average Bonchev–Trinajstić information content (AvgIpc) is 2.41. The molecule has 0 spiro atoms. The molecule has 0 nitrogen and oxygen atoms in total. The van der Waals surface area contributed by atoms with Gasteiger partial charge in [0.05, 0.1) is 0 Å². The van der Waals surface area contributed by atoms with Crippen molar-refractivity contribution in [1.82, 2.24) is 0 Å². The van der Waals surface area contributed by atoms with Gasteiger partial charge in [0.25, 0.3) is 0 Å². The SMILES string of the molecule is C=C(CCCCCCCC)CCCCCCCCC. The summed E-state index contributed by atoms with van der Waals surface area (Å²) >= 11 is 0. The highest BCUT2D eigenvalue weighted by molar-refractivity contribution is 4.93. The summed E-state index contributed by atoms with van der Waals surface area (Å²) < 4.78 is 0. The molecule has 0 saturated heterocycles. The Morgan fingerprint density at radius 1 is 0.526 bits per heavy atom. The lowest BCUT2D eigenvalue weighted by Gasteiger charge is -2.06. The monoisotopic (exact) mass is 266 g/mol. The van der Waals surface area contributed by atoms with Gasteiger partial charge >= 0.3 is 0 Å². The number of unbranched alkanes of at least 4 members (excludes halogenated alkanes) is 11. The van der Waals surface area contributed by atoms with Crippen LogP contribution in [-0.2, 0) is 0 Å². The van der Waals surface area contributed by atoms with Gasteiger partial charge < -0.3 is 0 Å². The molecular formula is C19H38. The lowest BCUT2D eigenvalue weighted by molar-refractivity contribution is 0.576. The Hall–Kier alpha value is -0.260. The van der Waals surface area contributed by atoms with Crippen LogP contribution in [0.15, 0.2) is 12.2 Å². The van der Waals surface area contributed by atoms with Crippen LogP contribution in [0.5, 0.6) is 0 Å². The fraction of sp³-hybridized carbons (Fsp3) is 0.895. The Labute approximate surface area is 123 Å². The minimum Gasteiger partial charge on any atom is -0.0999 e. The van der Waals surface area contributed by atoms with Crippen LogP contribution in [-0.4, -0.2) is 0 Å². The maximum Gasteiger partial charge on any atom is -0.0323 e. The second-order valence-corrected chi connectivity index (χ2v) is 6.14. The Kier molecular flexibility index (Phi) is 15.6. The topological polar surface area (TPSA) is 0 Å². The zero-order valence-electron chi connectivity index (χ0n) is 13.8. The lowest BCUT2D eigenvalue weighted by Crippen LogP contribution is -1.86. The van der Waals surface area contributed by atoms with E-state index < -0.39 is 0 Å². The van der Waals surface area contributed by atoms with Crippen molar-refractivity contribution in [2.24, 2.45) is 0 Å². The molecule has 0 saturated carbocycles. The van der Waals surface area contributed by atoms with Crippen LogP contribution in [0.4, 0.5) is 0 Å². The highest BCUT2D eigenvalue weighted by atomic mass is 14.0. The molecule has 0 aliphatic rings. The standard InChI is InChI=1S/C19H38/c1-4-6-8-10-12-14-16-18-19(3)17-15-13-11-9-7-5-2/h3-18H2,1-2H3. The predicted octanol–water partition coefficient (Wildman–Crippen LogP) is 7.43. The molecule has 0 aliphatic heterocycles. The molecule has 0 aromatic heterocycles. The van der Waals surface area contributed by atoms with Crippen LogP contribution < -0.4 is 0 Å². The van der Waals surface area contributed by atoms with Gasteiger partial charge in [-0.2, -0.15) is 0 Å². The van der Waals surface area contributed by atoms with E-state index in [0.29, 0.717) is 0 Å². The number of allylic oxidation sites excluding steroid dienone is 1. The highest BCUT2D eigenvalue weighted by Gasteiger charge is 1.97. The number of hydrogen-bond donors (Lipinski definition) is 0. The maximum absolute atomic E-state index is 4.24. The average molecular weight is 267 g/mol. The summed E-state index contributed by atoms with van der Waals surface area (Å²) in [7, 11) is 0. The first-order valence-electron chi connectivity index (χ1n) is 8.97. The first-order chi connectivity index (χ1) is 9.31. The van der Waals surface area contributed by atoms with Crippen molar-refractivity contribution in [2.45, 2.75) is 110 Å². The van der Waals surface area contributed by atoms with Crippen LogP contribution in [0.3, 0.4) is 0 Å². The molecule has 0 aromatic carbocycles. The largest absolute Gasteiger partial charge is 0.0999 e. The maximum atomic E-state index is 4.24. The Balaban J connectivity index is 3.13. The summed E-state index contributed by atoms with van der Waals surface area (Å²) in [5, 5.41) is 0. The molecule has 0 bridgehead atoms. The zero-order chi connectivity index (χ0) is 14.2. The minimum atomic E-state index is 1.28. The van der Waals surface area contributed by atoms with Crippen molar-refractivity contribution in [3.63, 3.8) is 0 Å². The van der Waals surface area contributed by atoms with E-state index in [2.05, 4.69) is 20.4 Å². The van der Waals surface area contributed by atoms with Gasteiger partial charge in [-0.3, -0.25) is 0 Å². The summed E-state index contributed by atoms with van der Waals surface area (Å²) in [4.78, 5) is 0. The molecule has 0 heterocycles. The van der Waals surface area contributed by atoms with Gasteiger partial charge in [-0.1, -0.05) is 96.6 Å². The number of hydrogen-bond acceptors (Lipinski definition) is 0. The van der Waals surface area contributed by atoms with Crippen molar-refractivity contribution >= 4 is 0 Å². The second kappa shape index (κ2) is 15.8. The van der Waals surface area contributed by atoms with Crippen molar-refractivity contribution in [3.05, 3.63) is 12.2 Å². The third kappa shape index (κ3) is 15.7. The van der Waals surface area contributed by atoms with E-state index in [1.165, 1.54) is 102 Å². The number of rotatable bonds is 15. The Morgan fingerprint density at radius 3 is 1.21 bits per heavy atom. The molecule has 0 aliphatic carbocycles. The fourth-order valence-electron chi connectivity index (χ4n) is 2.61. The molecule has 0 rings (SSSR count). The van der Waals surface area contributed by atoms with Crippen molar-refractivity contribution in [3.8, 4) is 0 Å². The van der Waals surface area contributed by atoms with Crippen LogP contribution >= 0.6 is 0 Å². The van der Waals surface area contributed by atoms with Gasteiger partial charge in [0, 0.05) is 0 Å². The van der Waals surface area contributed by atoms with Gasteiger partial charge in [-0.15, -0.1) is 0 Å². The molecule has 0 radical (unpaired) electrons. The predicted molar refractivity (Wildman–Crippen MR) is 89.7 cm³/mol. The normalized spacial score (nSPS) is 10.8. The van der Waals surface area contributed by atoms with Crippen LogP contribution in [0.1, 0.15) is 110 Å². The molecule has 0 fully saturated rings. The molecule has 0 aromatic rings. The third-order valence-corrected chi connectivity index (χ3v) is 4.02. The highest BCUT2D eigenvalue weighted by Crippen LogP contribution is 2.16. The van der Waals surface area contributed by atoms with E-state index in [1.807, 2.05) is 0 Å². The molecule has 0 atom stereocenters. The van der Waals surface area contributed by atoms with Crippen LogP contribution in [0.2, 0.25) is 0 Å². The molecule has 0 unspecified atom stereocenters. The minimum absolute atomic E-state index is 1.28. The van der Waals surface area contributed by atoms with E-state index in [-0.39, 0.29) is 0 Å². The quantitative estimate of drug-likeness (QED) is 0.213. The summed E-state index contributed by atoms with van der Waals surface area (Å²) in [5.41, 5.74) is 1.50. The summed E-state index contributed by atoms with van der Waals surface area (Å²) in [6, 6.07) is 0. The van der Waals surface area contributed by atoms with Crippen molar-refractivity contribution in [2.75, 3.05) is 0 Å². The van der Waals surface area contributed by atoms with Gasteiger partial charge in [-0.25, -0.2) is 0 Å². The van der Waals surface area contributed by atoms with Crippen molar-refractivity contribution in [1.29, 1.82) is 0 Å². The smallest absolute Gasteiger partial charge is 0.0323 e. The van der Waals surface area contributed by atoms with Gasteiger partial charge in [0.15, 0.2) is 0 Å². The first kappa shape index (κ1) is 18.7. The van der Waals surface area contributed by atoms with E-state index in [4.69, 9.17) is 0 Å². The third-order valence-electron chi connectivity index (χ3n) is 4.02. The lowest BCUT2D eigenvalue weighted by atomic mass is 10.0. The van der Waals surface area contributed by atoms with Crippen LogP contribution in [0.25, 0.3) is 0 Å². The van der Waals surface area contributed by atoms with Crippen LogP contribution in [0, 0.1) is 0 Å². The van der Waals surface area contributed by atoms with Gasteiger partial charge in [-0.05, 0) is 25.7 Å². The molecule has 0 amide bonds. The Bertz CT molecular complexity index is 180. The van der Waals surface area contributed by atoms with E-state index >= 15 is 0 Å². The van der Waals surface area contributed by atoms with Gasteiger partial charge in [0.1, 0.15) is 0 Å². The summed E-state index contributed by atoms with van der Waals surface area (Å²) in [6.07, 6.45) is 20.9. The molecule has 0 heteroatoms. The molecule has 19 heavy (non-hydrogen) atoms. The van der Waals surface area contributed by atoms with E-state index in [1.54, 1.807) is 0 Å².